The monoisotopic (exact) mass is 164 g/mol. The molecule has 0 saturated carbocycles. The van der Waals surface area contributed by atoms with Crippen LogP contribution in [0.25, 0.3) is 0 Å². The summed E-state index contributed by atoms with van der Waals surface area (Å²) in [5.41, 5.74) is 0. The first-order chi connectivity index (χ1) is 4.56. The Morgan fingerprint density at radius 3 is 2.10 bits per heavy atom. The van der Waals surface area contributed by atoms with Crippen molar-refractivity contribution in [1.82, 2.24) is 0 Å². The van der Waals surface area contributed by atoms with Crippen molar-refractivity contribution in [2.75, 3.05) is 25.4 Å². The van der Waals surface area contributed by atoms with Crippen LogP contribution in [-0.2, 0) is 4.18 Å². The van der Waals surface area contributed by atoms with Crippen LogP contribution in [0.2, 0.25) is 0 Å². The van der Waals surface area contributed by atoms with Gasteiger partial charge in [0.25, 0.3) is 0 Å². The molecule has 0 radical (unpaired) electrons. The highest BCUT2D eigenvalue weighted by Gasteiger charge is 2.01. The predicted octanol–water partition coefficient (Wildman–Crippen LogP) is 2.80. The minimum atomic E-state index is -0.705. The van der Waals surface area contributed by atoms with Gasteiger partial charge in [0.2, 0.25) is 0 Å². The Kier molecular flexibility index (Phi) is 5.18. The number of hydrogen-bond donors (Lipinski definition) is 0. The van der Waals surface area contributed by atoms with E-state index in [9.17, 15) is 0 Å². The van der Waals surface area contributed by atoms with Crippen LogP contribution >= 0.6 is 10.3 Å². The molecular weight excluding hydrogens is 144 g/mol. The van der Waals surface area contributed by atoms with Crippen LogP contribution < -0.4 is 0 Å². The summed E-state index contributed by atoms with van der Waals surface area (Å²) in [6.07, 6.45) is 10.3. The molecule has 0 aromatic heterocycles. The lowest BCUT2D eigenvalue weighted by Crippen LogP contribution is -1.99. The molecule has 64 valence electrons. The van der Waals surface area contributed by atoms with Gasteiger partial charge in [-0.15, -0.1) is 10.3 Å². The van der Waals surface area contributed by atoms with Crippen LogP contribution in [0.15, 0.2) is 0 Å². The first kappa shape index (κ1) is 10.3. The molecule has 0 bridgehead atoms. The fraction of sp³-hybridized carbons (Fsp3) is 1.00. The van der Waals surface area contributed by atoms with E-state index in [1.165, 1.54) is 19.3 Å². The van der Waals surface area contributed by atoms with Gasteiger partial charge < -0.3 is 4.18 Å². The van der Waals surface area contributed by atoms with Crippen LogP contribution in [-0.4, -0.2) is 25.4 Å². The van der Waals surface area contributed by atoms with Crippen molar-refractivity contribution in [2.24, 2.45) is 0 Å². The highest BCUT2D eigenvalue weighted by molar-refractivity contribution is 8.28. The second kappa shape index (κ2) is 5.03. The fourth-order valence-electron chi connectivity index (χ4n) is 0.661. The minimum absolute atomic E-state index is 0.705. The zero-order valence-electron chi connectivity index (χ0n) is 7.64. The Balaban J connectivity index is 3.04. The Labute approximate surface area is 66.7 Å². The Morgan fingerprint density at radius 2 is 1.70 bits per heavy atom. The standard InChI is InChI=1S/C8H20OS/c1-5-6-7-8-9-10(2,3)4/h5-8H2,1-4H3. The molecule has 10 heavy (non-hydrogen) atoms. The summed E-state index contributed by atoms with van der Waals surface area (Å²) in [6, 6.07) is 0. The average molecular weight is 164 g/mol. The lowest BCUT2D eigenvalue weighted by atomic mass is 10.3. The molecule has 0 aromatic rings. The third-order valence-corrected chi connectivity index (χ3v) is 2.06. The van der Waals surface area contributed by atoms with E-state index in [-0.39, 0.29) is 0 Å². The van der Waals surface area contributed by atoms with E-state index in [1.54, 1.807) is 0 Å². The molecule has 0 heterocycles. The lowest BCUT2D eigenvalue weighted by molar-refractivity contribution is 0.347. The molecule has 0 N–H and O–H groups in total. The fourth-order valence-corrected chi connectivity index (χ4v) is 1.28. The van der Waals surface area contributed by atoms with Gasteiger partial charge in [0.1, 0.15) is 0 Å². The zero-order chi connectivity index (χ0) is 8.04. The molecule has 0 unspecified atom stereocenters. The van der Waals surface area contributed by atoms with Crippen LogP contribution in [0.5, 0.6) is 0 Å². The molecule has 0 aromatic carbocycles. The second-order valence-electron chi connectivity index (χ2n) is 3.25. The normalized spacial score (nSPS) is 13.6. The second-order valence-corrected chi connectivity index (χ2v) is 6.94. The number of rotatable bonds is 5. The maximum absolute atomic E-state index is 5.61. The first-order valence-electron chi connectivity index (χ1n) is 3.89. The van der Waals surface area contributed by atoms with Crippen LogP contribution in [0, 0.1) is 0 Å². The molecule has 0 aliphatic heterocycles. The molecule has 0 aliphatic rings. The molecule has 0 amide bonds. The summed E-state index contributed by atoms with van der Waals surface area (Å²) >= 11 is 0. The van der Waals surface area contributed by atoms with Crippen molar-refractivity contribution in [3.63, 3.8) is 0 Å². The first-order valence-corrected chi connectivity index (χ1v) is 6.67. The zero-order valence-corrected chi connectivity index (χ0v) is 8.46. The van der Waals surface area contributed by atoms with Crippen LogP contribution in [0.4, 0.5) is 0 Å². The van der Waals surface area contributed by atoms with Gasteiger partial charge in [-0.3, -0.25) is 0 Å². The van der Waals surface area contributed by atoms with Gasteiger partial charge in [0.05, 0.1) is 6.61 Å². The quantitative estimate of drug-likeness (QED) is 0.568. The van der Waals surface area contributed by atoms with Gasteiger partial charge in [-0.05, 0) is 25.2 Å². The number of hydrogen-bond acceptors (Lipinski definition) is 1. The maximum Gasteiger partial charge on any atom is 0.0592 e. The minimum Gasteiger partial charge on any atom is -0.337 e. The number of unbranched alkanes of at least 4 members (excludes halogenated alkanes) is 2. The van der Waals surface area contributed by atoms with Crippen molar-refractivity contribution >= 4 is 10.3 Å². The Hall–Kier alpha value is 0.310. The topological polar surface area (TPSA) is 9.23 Å². The summed E-state index contributed by atoms with van der Waals surface area (Å²) in [5.74, 6) is 0. The highest BCUT2D eigenvalue weighted by atomic mass is 32.3. The molecule has 0 atom stereocenters. The largest absolute Gasteiger partial charge is 0.337 e. The summed E-state index contributed by atoms with van der Waals surface area (Å²) in [4.78, 5) is 0. The van der Waals surface area contributed by atoms with Gasteiger partial charge in [-0.25, -0.2) is 0 Å². The van der Waals surface area contributed by atoms with E-state index in [4.69, 9.17) is 4.18 Å². The smallest absolute Gasteiger partial charge is 0.0592 e. The van der Waals surface area contributed by atoms with Crippen molar-refractivity contribution < 1.29 is 4.18 Å². The van der Waals surface area contributed by atoms with Crippen molar-refractivity contribution in [2.45, 2.75) is 26.2 Å². The SMILES string of the molecule is CCCCCOS(C)(C)C. The van der Waals surface area contributed by atoms with Crippen molar-refractivity contribution in [1.29, 1.82) is 0 Å². The van der Waals surface area contributed by atoms with Crippen molar-refractivity contribution in [3.8, 4) is 0 Å². The highest BCUT2D eigenvalue weighted by Crippen LogP contribution is 2.35. The Morgan fingerprint density at radius 1 is 1.10 bits per heavy atom. The van der Waals surface area contributed by atoms with Gasteiger partial charge >= 0.3 is 0 Å². The lowest BCUT2D eigenvalue weighted by Gasteiger charge is -2.25. The van der Waals surface area contributed by atoms with E-state index >= 15 is 0 Å². The molecule has 0 saturated heterocycles. The third-order valence-electron chi connectivity index (χ3n) is 1.18. The maximum atomic E-state index is 5.61. The molecule has 0 aliphatic carbocycles. The van der Waals surface area contributed by atoms with Gasteiger partial charge in [-0.1, -0.05) is 19.8 Å². The summed E-state index contributed by atoms with van der Waals surface area (Å²) in [6.45, 7) is 3.16. The molecular formula is C8H20OS. The molecule has 0 rings (SSSR count). The van der Waals surface area contributed by atoms with Crippen molar-refractivity contribution in [3.05, 3.63) is 0 Å². The summed E-state index contributed by atoms with van der Waals surface area (Å²) in [5, 5.41) is 0. The van der Waals surface area contributed by atoms with Crippen LogP contribution in [0.1, 0.15) is 26.2 Å². The van der Waals surface area contributed by atoms with E-state index < -0.39 is 10.3 Å². The molecule has 1 nitrogen and oxygen atoms in total. The Bertz CT molecular complexity index is 75.8. The molecule has 0 spiro atoms. The molecule has 0 fully saturated rings. The van der Waals surface area contributed by atoms with E-state index in [0.29, 0.717) is 0 Å². The van der Waals surface area contributed by atoms with Gasteiger partial charge in [0, 0.05) is 0 Å². The van der Waals surface area contributed by atoms with Gasteiger partial charge in [-0.2, -0.15) is 0 Å². The third kappa shape index (κ3) is 8.31. The van der Waals surface area contributed by atoms with Crippen LogP contribution in [0.3, 0.4) is 0 Å². The predicted molar refractivity (Wildman–Crippen MR) is 50.8 cm³/mol. The van der Waals surface area contributed by atoms with E-state index in [2.05, 4.69) is 25.7 Å². The van der Waals surface area contributed by atoms with E-state index in [0.717, 1.165) is 6.61 Å². The molecule has 2 heteroatoms. The summed E-state index contributed by atoms with van der Waals surface area (Å²) < 4.78 is 5.61. The average Bonchev–Trinajstić information content (AvgIpc) is 1.78. The van der Waals surface area contributed by atoms with Gasteiger partial charge in [0.15, 0.2) is 0 Å². The van der Waals surface area contributed by atoms with E-state index in [1.807, 2.05) is 0 Å². The summed E-state index contributed by atoms with van der Waals surface area (Å²) in [7, 11) is -0.705.